The highest BCUT2D eigenvalue weighted by Gasteiger charge is 2.36. The number of amides is 2. The second kappa shape index (κ2) is 7.37. The first-order valence-electron chi connectivity index (χ1n) is 6.31. The van der Waals surface area contributed by atoms with Gasteiger partial charge in [-0.3, -0.25) is 9.59 Å². The molecule has 1 aliphatic heterocycles. The Hall–Kier alpha value is -1.24. The van der Waals surface area contributed by atoms with Crippen molar-refractivity contribution in [2.75, 3.05) is 18.1 Å². The number of carboxylic acid groups (broad SMARTS) is 1. The first-order valence-corrected chi connectivity index (χ1v) is 7.47. The van der Waals surface area contributed by atoms with Gasteiger partial charge in [-0.1, -0.05) is 6.92 Å². The highest BCUT2D eigenvalue weighted by molar-refractivity contribution is 7.99. The van der Waals surface area contributed by atoms with Gasteiger partial charge in [0, 0.05) is 18.7 Å². The predicted octanol–water partition coefficient (Wildman–Crippen LogP) is 0.307. The van der Waals surface area contributed by atoms with Gasteiger partial charge >= 0.3 is 5.97 Å². The van der Waals surface area contributed by atoms with Crippen LogP contribution in [0.15, 0.2) is 0 Å². The highest BCUT2D eigenvalue weighted by atomic mass is 32.2. The molecule has 1 saturated heterocycles. The molecule has 1 rings (SSSR count). The van der Waals surface area contributed by atoms with E-state index in [2.05, 4.69) is 0 Å². The normalized spacial score (nSPS) is 23.1. The average Bonchev–Trinajstić information content (AvgIpc) is 2.33. The van der Waals surface area contributed by atoms with Crippen LogP contribution < -0.4 is 5.73 Å². The first kappa shape index (κ1) is 15.8. The van der Waals surface area contributed by atoms with Crippen LogP contribution in [0.1, 0.15) is 26.2 Å². The van der Waals surface area contributed by atoms with Crippen molar-refractivity contribution in [1.82, 2.24) is 4.90 Å². The summed E-state index contributed by atoms with van der Waals surface area (Å²) in [5.74, 6) is -0.854. The van der Waals surface area contributed by atoms with E-state index in [-0.39, 0.29) is 24.0 Å². The molecule has 0 spiro atoms. The van der Waals surface area contributed by atoms with Gasteiger partial charge in [0.15, 0.2) is 0 Å². The van der Waals surface area contributed by atoms with Gasteiger partial charge in [0.25, 0.3) is 0 Å². The Morgan fingerprint density at radius 1 is 1.42 bits per heavy atom. The average molecular weight is 288 g/mol. The number of carbonyl (C=O) groups excluding carboxylic acids is 2. The van der Waals surface area contributed by atoms with Crippen LogP contribution in [0.5, 0.6) is 0 Å². The molecule has 3 N–H and O–H groups in total. The lowest BCUT2D eigenvalue weighted by Gasteiger charge is -2.37. The fourth-order valence-corrected chi connectivity index (χ4v) is 2.98. The molecular formula is C12H20N2O4S. The van der Waals surface area contributed by atoms with Crippen LogP contribution in [0.4, 0.5) is 0 Å². The molecule has 0 aromatic heterocycles. The Bertz CT molecular complexity index is 362. The lowest BCUT2D eigenvalue weighted by Crippen LogP contribution is -2.52. The summed E-state index contributed by atoms with van der Waals surface area (Å²) in [4.78, 5) is 35.3. The van der Waals surface area contributed by atoms with Crippen molar-refractivity contribution in [2.45, 2.75) is 32.2 Å². The van der Waals surface area contributed by atoms with Crippen LogP contribution in [0.25, 0.3) is 0 Å². The maximum absolute atomic E-state index is 12.0. The minimum Gasteiger partial charge on any atom is -0.480 e. The number of rotatable bonds is 6. The van der Waals surface area contributed by atoms with E-state index in [4.69, 9.17) is 5.73 Å². The van der Waals surface area contributed by atoms with Gasteiger partial charge in [-0.2, -0.15) is 11.8 Å². The Morgan fingerprint density at radius 3 is 2.68 bits per heavy atom. The van der Waals surface area contributed by atoms with Crippen molar-refractivity contribution in [1.29, 1.82) is 0 Å². The number of nitrogens with two attached hydrogens (primary N) is 1. The lowest BCUT2D eigenvalue weighted by atomic mass is 9.90. The van der Waals surface area contributed by atoms with E-state index in [1.165, 1.54) is 16.7 Å². The summed E-state index contributed by atoms with van der Waals surface area (Å²) in [6, 6.07) is -0.720. The standard InChI is InChI=1S/C12H20N2O4S/c1-8-3-2-5-14(11(8)12(17)18)10(16)4-6-19-7-9(13)15/h8,11H,2-7H2,1H3,(H2,13,15)(H,17,18). The number of nitrogens with zero attached hydrogens (tertiary/aromatic N) is 1. The maximum atomic E-state index is 12.0. The van der Waals surface area contributed by atoms with Crippen LogP contribution in [0, 0.1) is 5.92 Å². The summed E-state index contributed by atoms with van der Waals surface area (Å²) in [6.45, 7) is 2.36. The summed E-state index contributed by atoms with van der Waals surface area (Å²) in [7, 11) is 0. The van der Waals surface area contributed by atoms with Crippen LogP contribution >= 0.6 is 11.8 Å². The largest absolute Gasteiger partial charge is 0.480 e. The van der Waals surface area contributed by atoms with E-state index in [0.29, 0.717) is 12.3 Å². The lowest BCUT2D eigenvalue weighted by molar-refractivity contribution is -0.154. The van der Waals surface area contributed by atoms with Gasteiger partial charge in [0.1, 0.15) is 6.04 Å². The smallest absolute Gasteiger partial charge is 0.326 e. The number of thioether (sulfide) groups is 1. The summed E-state index contributed by atoms with van der Waals surface area (Å²) in [5.41, 5.74) is 5.00. The molecule has 0 saturated carbocycles. The quantitative estimate of drug-likeness (QED) is 0.685. The number of piperidine rings is 1. The van der Waals surface area contributed by atoms with Crippen LogP contribution in [0.3, 0.4) is 0 Å². The molecule has 0 aliphatic carbocycles. The molecule has 1 heterocycles. The predicted molar refractivity (Wildman–Crippen MR) is 72.7 cm³/mol. The zero-order valence-electron chi connectivity index (χ0n) is 11.0. The monoisotopic (exact) mass is 288 g/mol. The number of aliphatic carboxylic acids is 1. The Labute approximate surface area is 116 Å². The van der Waals surface area contributed by atoms with E-state index in [1.807, 2.05) is 6.92 Å². The van der Waals surface area contributed by atoms with E-state index < -0.39 is 17.9 Å². The molecule has 2 atom stereocenters. The molecule has 2 amide bonds. The molecule has 108 valence electrons. The molecule has 0 aromatic rings. The summed E-state index contributed by atoms with van der Waals surface area (Å²) in [6.07, 6.45) is 1.91. The van der Waals surface area contributed by atoms with Gasteiger partial charge in [-0.25, -0.2) is 4.79 Å². The minimum absolute atomic E-state index is 0.0199. The van der Waals surface area contributed by atoms with E-state index in [9.17, 15) is 19.5 Å². The summed E-state index contributed by atoms with van der Waals surface area (Å²) < 4.78 is 0. The number of carbonyl (C=O) groups is 3. The zero-order chi connectivity index (χ0) is 14.4. The van der Waals surface area contributed by atoms with Crippen molar-refractivity contribution in [2.24, 2.45) is 11.7 Å². The second-order valence-electron chi connectivity index (χ2n) is 4.76. The third kappa shape index (κ3) is 4.74. The van der Waals surface area contributed by atoms with Crippen molar-refractivity contribution in [3.8, 4) is 0 Å². The molecule has 0 aromatic carbocycles. The summed E-state index contributed by atoms with van der Waals surface area (Å²) in [5, 5.41) is 9.21. The molecule has 0 bridgehead atoms. The van der Waals surface area contributed by atoms with E-state index in [1.54, 1.807) is 0 Å². The fraction of sp³-hybridized carbons (Fsp3) is 0.750. The fourth-order valence-electron chi connectivity index (χ4n) is 2.32. The zero-order valence-corrected chi connectivity index (χ0v) is 11.8. The van der Waals surface area contributed by atoms with Crippen molar-refractivity contribution < 1.29 is 19.5 Å². The van der Waals surface area contributed by atoms with Crippen LogP contribution in [-0.4, -0.2) is 51.9 Å². The molecule has 6 nitrogen and oxygen atoms in total. The molecule has 1 fully saturated rings. The third-order valence-corrected chi connectivity index (χ3v) is 4.19. The Morgan fingerprint density at radius 2 is 2.11 bits per heavy atom. The SMILES string of the molecule is CC1CCCN(C(=O)CCSCC(N)=O)C1C(=O)O. The van der Waals surface area contributed by atoms with Crippen molar-refractivity contribution in [3.05, 3.63) is 0 Å². The minimum atomic E-state index is -0.940. The van der Waals surface area contributed by atoms with Crippen LogP contribution in [0.2, 0.25) is 0 Å². The van der Waals surface area contributed by atoms with Crippen molar-refractivity contribution in [3.63, 3.8) is 0 Å². The number of likely N-dealkylation sites (tertiary alicyclic amines) is 1. The topological polar surface area (TPSA) is 101 Å². The van der Waals surface area contributed by atoms with Crippen LogP contribution in [-0.2, 0) is 14.4 Å². The molecular weight excluding hydrogens is 268 g/mol. The number of carboxylic acids is 1. The number of primary amides is 1. The van der Waals surface area contributed by atoms with E-state index in [0.717, 1.165) is 12.8 Å². The van der Waals surface area contributed by atoms with Gasteiger partial charge in [-0.15, -0.1) is 0 Å². The van der Waals surface area contributed by atoms with E-state index >= 15 is 0 Å². The molecule has 19 heavy (non-hydrogen) atoms. The molecule has 0 radical (unpaired) electrons. The Balaban J connectivity index is 2.49. The van der Waals surface area contributed by atoms with Crippen molar-refractivity contribution >= 4 is 29.5 Å². The van der Waals surface area contributed by atoms with Gasteiger partial charge in [0.05, 0.1) is 5.75 Å². The van der Waals surface area contributed by atoms with Gasteiger partial charge in [-0.05, 0) is 18.8 Å². The Kier molecular flexibility index (Phi) is 6.14. The second-order valence-corrected chi connectivity index (χ2v) is 5.86. The highest BCUT2D eigenvalue weighted by Crippen LogP contribution is 2.24. The summed E-state index contributed by atoms with van der Waals surface area (Å²) >= 11 is 1.29. The molecule has 7 heteroatoms. The number of hydrogen-bond acceptors (Lipinski definition) is 4. The first-order chi connectivity index (χ1) is 8.93. The molecule has 2 unspecified atom stereocenters. The van der Waals surface area contributed by atoms with Gasteiger partial charge < -0.3 is 15.7 Å². The number of hydrogen-bond donors (Lipinski definition) is 2. The van der Waals surface area contributed by atoms with Gasteiger partial charge in [0.2, 0.25) is 11.8 Å². The third-order valence-electron chi connectivity index (χ3n) is 3.21. The molecule has 1 aliphatic rings. The maximum Gasteiger partial charge on any atom is 0.326 e.